The van der Waals surface area contributed by atoms with Gasteiger partial charge in [-0.05, 0) is 24.5 Å². The summed E-state index contributed by atoms with van der Waals surface area (Å²) in [5.41, 5.74) is 0.692. The summed E-state index contributed by atoms with van der Waals surface area (Å²) in [5.74, 6) is 1.34. The minimum atomic E-state index is -0.0579. The van der Waals surface area contributed by atoms with Gasteiger partial charge < -0.3 is 4.98 Å². The summed E-state index contributed by atoms with van der Waals surface area (Å²) in [6.45, 7) is 4.17. The van der Waals surface area contributed by atoms with Gasteiger partial charge in [-0.1, -0.05) is 19.9 Å². The van der Waals surface area contributed by atoms with Crippen molar-refractivity contribution in [1.29, 1.82) is 0 Å². The Morgan fingerprint density at radius 2 is 2.21 bits per heavy atom. The molecule has 100 valence electrons. The number of aromatic nitrogens is 4. The first-order valence-electron chi connectivity index (χ1n) is 6.29. The lowest BCUT2D eigenvalue weighted by atomic mass is 10.1. The minimum Gasteiger partial charge on any atom is -0.306 e. The highest BCUT2D eigenvalue weighted by molar-refractivity contribution is 5.89. The number of hydrogen-bond acceptors (Lipinski definition) is 4. The van der Waals surface area contributed by atoms with Crippen molar-refractivity contribution >= 4 is 11.9 Å². The summed E-state index contributed by atoms with van der Waals surface area (Å²) in [7, 11) is 0. The van der Waals surface area contributed by atoms with Gasteiger partial charge in [0.05, 0.1) is 0 Å². The van der Waals surface area contributed by atoms with E-state index in [-0.39, 0.29) is 5.91 Å². The fourth-order valence-electron chi connectivity index (χ4n) is 1.55. The maximum absolute atomic E-state index is 11.6. The van der Waals surface area contributed by atoms with Crippen molar-refractivity contribution < 1.29 is 4.79 Å². The van der Waals surface area contributed by atoms with E-state index >= 15 is 0 Å². The van der Waals surface area contributed by atoms with Gasteiger partial charge in [0.15, 0.2) is 5.82 Å². The topological polar surface area (TPSA) is 83.6 Å². The lowest BCUT2D eigenvalue weighted by Gasteiger charge is -2.03. The molecule has 2 heterocycles. The number of carbonyl (C=O) groups excluding carboxylic acids is 1. The predicted octanol–water partition coefficient (Wildman–Crippen LogP) is 2.24. The third-order valence-corrected chi connectivity index (χ3v) is 2.60. The van der Waals surface area contributed by atoms with Crippen LogP contribution in [0.4, 0.5) is 5.95 Å². The smallest absolute Gasteiger partial charge is 0.228 e. The zero-order valence-corrected chi connectivity index (χ0v) is 11.1. The Morgan fingerprint density at radius 1 is 1.37 bits per heavy atom. The lowest BCUT2D eigenvalue weighted by Crippen LogP contribution is -2.13. The summed E-state index contributed by atoms with van der Waals surface area (Å²) < 4.78 is 0. The van der Waals surface area contributed by atoms with Crippen LogP contribution in [-0.4, -0.2) is 26.1 Å². The summed E-state index contributed by atoms with van der Waals surface area (Å²) in [5, 5.41) is 10.5. The van der Waals surface area contributed by atoms with Crippen molar-refractivity contribution in [3.8, 4) is 11.5 Å². The molecule has 0 aliphatic carbocycles. The van der Waals surface area contributed by atoms with E-state index in [1.54, 1.807) is 6.20 Å². The molecule has 2 rings (SSSR count). The summed E-state index contributed by atoms with van der Waals surface area (Å²) >= 11 is 0. The number of amides is 1. The van der Waals surface area contributed by atoms with E-state index in [4.69, 9.17) is 0 Å². The zero-order valence-electron chi connectivity index (χ0n) is 11.1. The molecular formula is C13H17N5O. The normalized spacial score (nSPS) is 10.7. The van der Waals surface area contributed by atoms with Crippen LogP contribution < -0.4 is 5.32 Å². The monoisotopic (exact) mass is 259 g/mol. The molecule has 0 aromatic carbocycles. The first-order valence-corrected chi connectivity index (χ1v) is 6.29. The highest BCUT2D eigenvalue weighted by Crippen LogP contribution is 2.12. The van der Waals surface area contributed by atoms with Crippen LogP contribution >= 0.6 is 0 Å². The number of rotatable bonds is 5. The Kier molecular flexibility index (Phi) is 4.22. The molecule has 6 nitrogen and oxygen atoms in total. The quantitative estimate of drug-likeness (QED) is 0.862. The van der Waals surface area contributed by atoms with Gasteiger partial charge in [0, 0.05) is 12.6 Å². The fourth-order valence-corrected chi connectivity index (χ4v) is 1.55. The van der Waals surface area contributed by atoms with Gasteiger partial charge in [0.25, 0.3) is 0 Å². The van der Waals surface area contributed by atoms with Crippen molar-refractivity contribution in [2.45, 2.75) is 26.7 Å². The molecule has 0 saturated heterocycles. The maximum Gasteiger partial charge on any atom is 0.228 e. The van der Waals surface area contributed by atoms with E-state index in [1.165, 1.54) is 0 Å². The van der Waals surface area contributed by atoms with E-state index in [1.807, 2.05) is 18.2 Å². The second kappa shape index (κ2) is 6.08. The van der Waals surface area contributed by atoms with Crippen LogP contribution in [0.2, 0.25) is 0 Å². The van der Waals surface area contributed by atoms with E-state index in [0.29, 0.717) is 29.8 Å². The molecule has 0 saturated carbocycles. The van der Waals surface area contributed by atoms with Crippen molar-refractivity contribution in [3.05, 3.63) is 24.4 Å². The van der Waals surface area contributed by atoms with Crippen molar-refractivity contribution in [2.24, 2.45) is 5.92 Å². The standard InChI is InChI=1S/C13H17N5O/c1-9(2)6-7-11(19)15-13-16-12(17-18-13)10-5-3-4-8-14-10/h3-5,8-9H,6-7H2,1-2H3,(H2,15,16,17,18,19). The van der Waals surface area contributed by atoms with Crippen LogP contribution in [0.15, 0.2) is 24.4 Å². The van der Waals surface area contributed by atoms with E-state index in [9.17, 15) is 4.79 Å². The van der Waals surface area contributed by atoms with Crippen LogP contribution in [0, 0.1) is 5.92 Å². The molecule has 0 spiro atoms. The second-order valence-corrected chi connectivity index (χ2v) is 4.72. The second-order valence-electron chi connectivity index (χ2n) is 4.72. The summed E-state index contributed by atoms with van der Waals surface area (Å²) in [6.07, 6.45) is 3.02. The third-order valence-electron chi connectivity index (χ3n) is 2.60. The van der Waals surface area contributed by atoms with E-state index in [0.717, 1.165) is 6.42 Å². The molecule has 19 heavy (non-hydrogen) atoms. The Hall–Kier alpha value is -2.24. The molecule has 0 radical (unpaired) electrons. The number of anilines is 1. The van der Waals surface area contributed by atoms with Gasteiger partial charge in [-0.2, -0.15) is 0 Å². The number of nitrogens with one attached hydrogen (secondary N) is 2. The van der Waals surface area contributed by atoms with Crippen LogP contribution in [0.25, 0.3) is 11.5 Å². The van der Waals surface area contributed by atoms with Crippen molar-refractivity contribution in [2.75, 3.05) is 5.32 Å². The molecule has 6 heteroatoms. The predicted molar refractivity (Wildman–Crippen MR) is 72.3 cm³/mol. The highest BCUT2D eigenvalue weighted by atomic mass is 16.1. The van der Waals surface area contributed by atoms with E-state index < -0.39 is 0 Å². The Labute approximate surface area is 111 Å². The Bertz CT molecular complexity index is 535. The number of carbonyl (C=O) groups is 1. The van der Waals surface area contributed by atoms with Crippen molar-refractivity contribution in [1.82, 2.24) is 20.2 Å². The molecule has 2 N–H and O–H groups in total. The van der Waals surface area contributed by atoms with Gasteiger partial charge in [-0.25, -0.2) is 0 Å². The van der Waals surface area contributed by atoms with Crippen LogP contribution in [0.1, 0.15) is 26.7 Å². The molecule has 2 aromatic rings. The number of nitrogens with zero attached hydrogens (tertiary/aromatic N) is 3. The molecule has 0 aliphatic rings. The van der Waals surface area contributed by atoms with Gasteiger partial charge in [-0.15, -0.1) is 10.2 Å². The number of aromatic amines is 1. The first-order chi connectivity index (χ1) is 9.15. The average Bonchev–Trinajstić information content (AvgIpc) is 2.86. The molecule has 0 atom stereocenters. The maximum atomic E-state index is 11.6. The summed E-state index contributed by atoms with van der Waals surface area (Å²) in [4.78, 5) is 18.7. The largest absolute Gasteiger partial charge is 0.306 e. The SMILES string of the molecule is CC(C)CCC(=O)Nc1nnc(-c2ccccn2)[nH]1. The lowest BCUT2D eigenvalue weighted by molar-refractivity contribution is -0.116. The molecule has 1 amide bonds. The van der Waals surface area contributed by atoms with Crippen LogP contribution in [-0.2, 0) is 4.79 Å². The molecule has 0 unspecified atom stereocenters. The Morgan fingerprint density at radius 3 is 2.89 bits per heavy atom. The zero-order chi connectivity index (χ0) is 13.7. The Balaban J connectivity index is 1.96. The first kappa shape index (κ1) is 13.2. The fraction of sp³-hybridized carbons (Fsp3) is 0.385. The van der Waals surface area contributed by atoms with Gasteiger partial charge >= 0.3 is 0 Å². The molecule has 2 aromatic heterocycles. The van der Waals surface area contributed by atoms with Crippen molar-refractivity contribution in [3.63, 3.8) is 0 Å². The number of H-pyrrole nitrogens is 1. The summed E-state index contributed by atoms with van der Waals surface area (Å²) in [6, 6.07) is 5.52. The molecule has 0 bridgehead atoms. The number of pyridine rings is 1. The van der Waals surface area contributed by atoms with Crippen LogP contribution in [0.5, 0.6) is 0 Å². The third kappa shape index (κ3) is 3.87. The minimum absolute atomic E-state index is 0.0579. The van der Waals surface area contributed by atoms with Gasteiger partial charge in [0.2, 0.25) is 11.9 Å². The van der Waals surface area contributed by atoms with Crippen LogP contribution in [0.3, 0.4) is 0 Å². The number of hydrogen-bond donors (Lipinski definition) is 2. The molecular weight excluding hydrogens is 242 g/mol. The van der Waals surface area contributed by atoms with Gasteiger partial charge in [-0.3, -0.25) is 15.1 Å². The van der Waals surface area contributed by atoms with Gasteiger partial charge in [0.1, 0.15) is 5.69 Å². The van der Waals surface area contributed by atoms with E-state index in [2.05, 4.69) is 39.3 Å². The highest BCUT2D eigenvalue weighted by Gasteiger charge is 2.09. The average molecular weight is 259 g/mol. The molecule has 0 aliphatic heterocycles. The molecule has 0 fully saturated rings.